The molecule has 1 aliphatic rings. The van der Waals surface area contributed by atoms with E-state index in [-0.39, 0.29) is 12.1 Å². The first-order valence-electron chi connectivity index (χ1n) is 6.02. The highest BCUT2D eigenvalue weighted by Crippen LogP contribution is 2.29. The highest BCUT2D eigenvalue weighted by molar-refractivity contribution is 5.14. The van der Waals surface area contributed by atoms with Crippen molar-refractivity contribution in [3.05, 3.63) is 23.5 Å². The van der Waals surface area contributed by atoms with E-state index in [2.05, 4.69) is 28.1 Å². The number of aryl methyl sites for hydroxylation is 1. The zero-order valence-electron chi connectivity index (χ0n) is 10.1. The zero-order chi connectivity index (χ0) is 11.5. The van der Waals surface area contributed by atoms with Crippen LogP contribution in [0, 0.1) is 6.92 Å². The molecule has 4 heteroatoms. The lowest BCUT2D eigenvalue weighted by Crippen LogP contribution is -2.33. The third kappa shape index (κ3) is 2.23. The van der Waals surface area contributed by atoms with Gasteiger partial charge in [-0.25, -0.2) is 0 Å². The van der Waals surface area contributed by atoms with Gasteiger partial charge < -0.3 is 5.73 Å². The van der Waals surface area contributed by atoms with Gasteiger partial charge in [0.2, 0.25) is 0 Å². The van der Waals surface area contributed by atoms with Crippen LogP contribution >= 0.6 is 0 Å². The monoisotopic (exact) mass is 220 g/mol. The first kappa shape index (κ1) is 11.5. The molecule has 2 rings (SSSR count). The Bertz CT molecular complexity index is 333. The van der Waals surface area contributed by atoms with E-state index < -0.39 is 0 Å². The molecular formula is C12H20N4. The number of nitrogens with two attached hydrogens (primary N) is 1. The number of nitrogens with zero attached hydrogens (tertiary/aromatic N) is 3. The lowest BCUT2D eigenvalue weighted by Gasteiger charge is -2.25. The zero-order valence-corrected chi connectivity index (χ0v) is 10.1. The number of rotatable bonds is 3. The van der Waals surface area contributed by atoms with Crippen LogP contribution in [0.25, 0.3) is 0 Å². The lowest BCUT2D eigenvalue weighted by atomic mass is 10.1. The van der Waals surface area contributed by atoms with E-state index in [4.69, 9.17) is 5.73 Å². The van der Waals surface area contributed by atoms with E-state index in [0.717, 1.165) is 37.3 Å². The predicted molar refractivity (Wildman–Crippen MR) is 64.0 cm³/mol. The molecule has 0 amide bonds. The Morgan fingerprint density at radius 3 is 2.88 bits per heavy atom. The topological polar surface area (TPSA) is 55.0 Å². The Morgan fingerprint density at radius 1 is 1.44 bits per heavy atom. The highest BCUT2D eigenvalue weighted by atomic mass is 15.2. The van der Waals surface area contributed by atoms with Crippen LogP contribution in [-0.2, 0) is 0 Å². The fraction of sp³-hybridized carbons (Fsp3) is 0.667. The van der Waals surface area contributed by atoms with Crippen LogP contribution in [0.4, 0.5) is 0 Å². The molecule has 2 N–H and O–H groups in total. The van der Waals surface area contributed by atoms with Crippen LogP contribution in [0.3, 0.4) is 0 Å². The average Bonchev–Trinajstić information content (AvgIpc) is 2.62. The lowest BCUT2D eigenvalue weighted by molar-refractivity contribution is 0.242. The van der Waals surface area contributed by atoms with Crippen LogP contribution in [0.15, 0.2) is 12.1 Å². The average molecular weight is 220 g/mol. The minimum atomic E-state index is 0.198. The predicted octanol–water partition coefficient (Wildman–Crippen LogP) is 1.27. The second-order valence-electron chi connectivity index (χ2n) is 4.53. The van der Waals surface area contributed by atoms with Gasteiger partial charge in [0.25, 0.3) is 0 Å². The minimum absolute atomic E-state index is 0.198. The normalized spacial score (nSPS) is 26.2. The Labute approximate surface area is 96.9 Å². The largest absolute Gasteiger partial charge is 0.326 e. The molecule has 0 aromatic carbocycles. The van der Waals surface area contributed by atoms with Crippen molar-refractivity contribution in [2.45, 2.75) is 38.8 Å². The smallest absolute Gasteiger partial charge is 0.0818 e. The summed E-state index contributed by atoms with van der Waals surface area (Å²) in [6, 6.07) is 4.52. The van der Waals surface area contributed by atoms with Crippen LogP contribution in [0.5, 0.6) is 0 Å². The Balaban J connectivity index is 2.19. The molecule has 0 spiro atoms. The van der Waals surface area contributed by atoms with Crippen LogP contribution < -0.4 is 5.73 Å². The molecule has 4 nitrogen and oxygen atoms in total. The number of hydrogen-bond acceptors (Lipinski definition) is 4. The molecule has 0 radical (unpaired) electrons. The summed E-state index contributed by atoms with van der Waals surface area (Å²) in [7, 11) is 0. The van der Waals surface area contributed by atoms with Crippen molar-refractivity contribution in [3.63, 3.8) is 0 Å². The molecule has 1 saturated heterocycles. The van der Waals surface area contributed by atoms with Crippen LogP contribution in [-0.4, -0.2) is 34.2 Å². The minimum Gasteiger partial charge on any atom is -0.326 e. The quantitative estimate of drug-likeness (QED) is 0.833. The summed E-state index contributed by atoms with van der Waals surface area (Å²) in [4.78, 5) is 2.42. The van der Waals surface area contributed by atoms with Gasteiger partial charge in [0.05, 0.1) is 17.4 Å². The molecule has 0 saturated carbocycles. The van der Waals surface area contributed by atoms with Gasteiger partial charge in [-0.2, -0.15) is 10.2 Å². The van der Waals surface area contributed by atoms with E-state index in [1.807, 2.05) is 13.0 Å². The number of hydrogen-bond donors (Lipinski definition) is 1. The molecule has 16 heavy (non-hydrogen) atoms. The van der Waals surface area contributed by atoms with Crippen LogP contribution in [0.2, 0.25) is 0 Å². The summed E-state index contributed by atoms with van der Waals surface area (Å²) < 4.78 is 0. The standard InChI is InChI=1S/C12H20N4/c1-3-7-16-8-6-10(13)12(16)11-5-4-9(2)14-15-11/h4-5,10,12H,3,6-8,13H2,1-2H3/t10-,12-/m0/s1. The first-order chi connectivity index (χ1) is 7.72. The van der Waals surface area contributed by atoms with E-state index in [9.17, 15) is 0 Å². The Hall–Kier alpha value is -1.00. The van der Waals surface area contributed by atoms with E-state index in [1.165, 1.54) is 0 Å². The van der Waals surface area contributed by atoms with E-state index in [1.54, 1.807) is 0 Å². The Morgan fingerprint density at radius 2 is 2.25 bits per heavy atom. The molecule has 0 unspecified atom stereocenters. The third-order valence-corrected chi connectivity index (χ3v) is 3.18. The number of likely N-dealkylation sites (tertiary alicyclic amines) is 1. The van der Waals surface area contributed by atoms with Gasteiger partial charge in [-0.1, -0.05) is 6.92 Å². The first-order valence-corrected chi connectivity index (χ1v) is 6.02. The second kappa shape index (κ2) is 4.89. The van der Waals surface area contributed by atoms with Crippen molar-refractivity contribution in [3.8, 4) is 0 Å². The summed E-state index contributed by atoms with van der Waals surface area (Å²) in [6.45, 7) is 6.32. The van der Waals surface area contributed by atoms with Gasteiger partial charge in [-0.3, -0.25) is 4.90 Å². The fourth-order valence-corrected chi connectivity index (χ4v) is 2.39. The molecular weight excluding hydrogens is 200 g/mol. The van der Waals surface area contributed by atoms with Gasteiger partial charge in [0, 0.05) is 12.6 Å². The summed E-state index contributed by atoms with van der Waals surface area (Å²) in [5, 5.41) is 8.39. The SMILES string of the molecule is CCCN1CC[C@H](N)[C@H]1c1ccc(C)nn1. The van der Waals surface area contributed by atoms with Crippen molar-refractivity contribution in [2.24, 2.45) is 5.73 Å². The van der Waals surface area contributed by atoms with E-state index >= 15 is 0 Å². The molecule has 2 atom stereocenters. The van der Waals surface area contributed by atoms with Gasteiger partial charge >= 0.3 is 0 Å². The summed E-state index contributed by atoms with van der Waals surface area (Å²) in [6.07, 6.45) is 2.21. The summed E-state index contributed by atoms with van der Waals surface area (Å²) in [5.41, 5.74) is 8.13. The maximum Gasteiger partial charge on any atom is 0.0818 e. The molecule has 1 aromatic heterocycles. The van der Waals surface area contributed by atoms with Crippen molar-refractivity contribution >= 4 is 0 Å². The molecule has 2 heterocycles. The molecule has 0 bridgehead atoms. The molecule has 88 valence electrons. The molecule has 0 aliphatic carbocycles. The maximum absolute atomic E-state index is 6.16. The van der Waals surface area contributed by atoms with Crippen molar-refractivity contribution in [2.75, 3.05) is 13.1 Å². The maximum atomic E-state index is 6.16. The van der Waals surface area contributed by atoms with Gasteiger partial charge in [0.15, 0.2) is 0 Å². The third-order valence-electron chi connectivity index (χ3n) is 3.18. The molecule has 1 aromatic rings. The number of aromatic nitrogens is 2. The fourth-order valence-electron chi connectivity index (χ4n) is 2.39. The molecule has 1 fully saturated rings. The molecule has 1 aliphatic heterocycles. The van der Waals surface area contributed by atoms with E-state index in [0.29, 0.717) is 0 Å². The van der Waals surface area contributed by atoms with Gasteiger partial charge in [-0.15, -0.1) is 0 Å². The van der Waals surface area contributed by atoms with Gasteiger partial charge in [0.1, 0.15) is 0 Å². The van der Waals surface area contributed by atoms with Crippen molar-refractivity contribution < 1.29 is 0 Å². The summed E-state index contributed by atoms with van der Waals surface area (Å²) in [5.74, 6) is 0. The second-order valence-corrected chi connectivity index (χ2v) is 4.53. The Kier molecular flexibility index (Phi) is 3.51. The highest BCUT2D eigenvalue weighted by Gasteiger charge is 2.33. The van der Waals surface area contributed by atoms with Gasteiger partial charge in [-0.05, 0) is 38.4 Å². The van der Waals surface area contributed by atoms with Crippen molar-refractivity contribution in [1.29, 1.82) is 0 Å². The van der Waals surface area contributed by atoms with Crippen molar-refractivity contribution in [1.82, 2.24) is 15.1 Å². The van der Waals surface area contributed by atoms with Crippen LogP contribution in [0.1, 0.15) is 37.2 Å². The summed E-state index contributed by atoms with van der Waals surface area (Å²) >= 11 is 0.